The molecule has 13 heavy (non-hydrogen) atoms. The van der Waals surface area contributed by atoms with Gasteiger partial charge in [0.05, 0.1) is 6.61 Å². The predicted molar refractivity (Wildman–Crippen MR) is 54.7 cm³/mol. The van der Waals surface area contributed by atoms with E-state index in [1.165, 1.54) is 11.1 Å². The highest BCUT2D eigenvalue weighted by atomic mass is 16.3. The highest BCUT2D eigenvalue weighted by molar-refractivity contribution is 5.29. The van der Waals surface area contributed by atoms with Crippen molar-refractivity contribution in [1.82, 2.24) is 0 Å². The van der Waals surface area contributed by atoms with Crippen molar-refractivity contribution in [1.29, 1.82) is 0 Å². The fourth-order valence-corrected chi connectivity index (χ4v) is 1.49. The second kappa shape index (κ2) is 4.40. The van der Waals surface area contributed by atoms with E-state index in [1.54, 1.807) is 0 Å². The number of rotatable bonds is 3. The molecule has 0 aliphatic heterocycles. The van der Waals surface area contributed by atoms with Gasteiger partial charge in [0.2, 0.25) is 0 Å². The van der Waals surface area contributed by atoms with Gasteiger partial charge < -0.3 is 10.8 Å². The Morgan fingerprint density at radius 1 is 1.38 bits per heavy atom. The first-order valence-corrected chi connectivity index (χ1v) is 4.58. The normalized spacial score (nSPS) is 15.4. The van der Waals surface area contributed by atoms with Crippen LogP contribution in [0, 0.1) is 6.92 Å². The summed E-state index contributed by atoms with van der Waals surface area (Å²) in [5.74, 6) is 0.214. The number of benzene rings is 1. The molecule has 0 bridgehead atoms. The van der Waals surface area contributed by atoms with Gasteiger partial charge in [-0.2, -0.15) is 0 Å². The maximum atomic E-state index is 8.93. The molecule has 0 saturated heterocycles. The molecule has 2 unspecified atom stereocenters. The quantitative estimate of drug-likeness (QED) is 0.737. The van der Waals surface area contributed by atoms with Crippen LogP contribution in [-0.4, -0.2) is 17.8 Å². The lowest BCUT2D eigenvalue weighted by Crippen LogP contribution is -2.30. The Balaban J connectivity index is 2.88. The maximum absolute atomic E-state index is 8.93. The topological polar surface area (TPSA) is 46.2 Å². The summed E-state index contributed by atoms with van der Waals surface area (Å²) in [7, 11) is 0. The molecule has 1 aromatic carbocycles. The molecule has 1 rings (SSSR count). The van der Waals surface area contributed by atoms with Crippen LogP contribution in [0.25, 0.3) is 0 Å². The minimum absolute atomic E-state index is 0.0372. The Morgan fingerprint density at radius 2 is 2.00 bits per heavy atom. The summed E-state index contributed by atoms with van der Waals surface area (Å²) in [6.45, 7) is 4.15. The summed E-state index contributed by atoms with van der Waals surface area (Å²) >= 11 is 0. The number of aryl methyl sites for hydroxylation is 1. The summed E-state index contributed by atoms with van der Waals surface area (Å²) in [4.78, 5) is 0. The van der Waals surface area contributed by atoms with Crippen LogP contribution in [0.5, 0.6) is 0 Å². The van der Waals surface area contributed by atoms with E-state index in [1.807, 2.05) is 19.1 Å². The molecule has 72 valence electrons. The van der Waals surface area contributed by atoms with E-state index < -0.39 is 0 Å². The Labute approximate surface area is 79.4 Å². The molecule has 0 saturated carbocycles. The number of aliphatic hydroxyl groups is 1. The molecular weight excluding hydrogens is 162 g/mol. The lowest BCUT2D eigenvalue weighted by molar-refractivity contribution is 0.252. The third-order valence-corrected chi connectivity index (χ3v) is 2.53. The molecule has 0 aliphatic carbocycles. The fourth-order valence-electron chi connectivity index (χ4n) is 1.49. The van der Waals surface area contributed by atoms with Gasteiger partial charge in [-0.1, -0.05) is 31.2 Å². The van der Waals surface area contributed by atoms with E-state index in [4.69, 9.17) is 10.8 Å². The molecule has 2 heteroatoms. The van der Waals surface area contributed by atoms with Gasteiger partial charge >= 0.3 is 0 Å². The highest BCUT2D eigenvalue weighted by Gasteiger charge is 2.14. The van der Waals surface area contributed by atoms with Gasteiger partial charge in [0.1, 0.15) is 0 Å². The fraction of sp³-hybridized carbons (Fsp3) is 0.455. The van der Waals surface area contributed by atoms with Gasteiger partial charge in [-0.05, 0) is 24.0 Å². The van der Waals surface area contributed by atoms with Crippen LogP contribution in [0.15, 0.2) is 24.3 Å². The van der Waals surface area contributed by atoms with Gasteiger partial charge in [-0.15, -0.1) is 0 Å². The standard InChI is InChI=1S/C11H17NO/c1-8-5-3-4-6-10(8)9(2)11(12)7-13/h3-6,9,11,13H,7,12H2,1-2H3. The summed E-state index contributed by atoms with van der Waals surface area (Å²) in [5, 5.41) is 8.93. The molecular formula is C11H17NO. The van der Waals surface area contributed by atoms with Gasteiger partial charge in [0, 0.05) is 6.04 Å². The minimum atomic E-state index is -0.166. The smallest absolute Gasteiger partial charge is 0.0588 e. The summed E-state index contributed by atoms with van der Waals surface area (Å²) < 4.78 is 0. The SMILES string of the molecule is Cc1ccccc1C(C)C(N)CO. The first kappa shape index (κ1) is 10.2. The second-order valence-electron chi connectivity index (χ2n) is 3.49. The van der Waals surface area contributed by atoms with Crippen LogP contribution in [0.2, 0.25) is 0 Å². The first-order valence-electron chi connectivity index (χ1n) is 4.58. The molecule has 0 radical (unpaired) electrons. The highest BCUT2D eigenvalue weighted by Crippen LogP contribution is 2.21. The molecule has 2 atom stereocenters. The Hall–Kier alpha value is -0.860. The Morgan fingerprint density at radius 3 is 2.54 bits per heavy atom. The Bertz CT molecular complexity index is 273. The van der Waals surface area contributed by atoms with Crippen LogP contribution >= 0.6 is 0 Å². The molecule has 0 fully saturated rings. The van der Waals surface area contributed by atoms with E-state index in [0.717, 1.165) is 0 Å². The van der Waals surface area contributed by atoms with E-state index in [2.05, 4.69) is 19.1 Å². The zero-order valence-electron chi connectivity index (χ0n) is 8.20. The monoisotopic (exact) mass is 179 g/mol. The second-order valence-corrected chi connectivity index (χ2v) is 3.49. The van der Waals surface area contributed by atoms with Crippen molar-refractivity contribution in [3.63, 3.8) is 0 Å². The van der Waals surface area contributed by atoms with Crippen molar-refractivity contribution in [3.05, 3.63) is 35.4 Å². The van der Waals surface area contributed by atoms with E-state index >= 15 is 0 Å². The molecule has 0 aliphatic rings. The molecule has 0 amide bonds. The van der Waals surface area contributed by atoms with Crippen LogP contribution in [-0.2, 0) is 0 Å². The molecule has 1 aromatic rings. The number of hydrogen-bond acceptors (Lipinski definition) is 2. The lowest BCUT2D eigenvalue weighted by atomic mass is 9.91. The van der Waals surface area contributed by atoms with E-state index in [9.17, 15) is 0 Å². The average molecular weight is 179 g/mol. The van der Waals surface area contributed by atoms with Crippen molar-refractivity contribution in [2.24, 2.45) is 5.73 Å². The van der Waals surface area contributed by atoms with Gasteiger partial charge in [0.15, 0.2) is 0 Å². The molecule has 3 N–H and O–H groups in total. The maximum Gasteiger partial charge on any atom is 0.0588 e. The van der Waals surface area contributed by atoms with Crippen LogP contribution in [0.1, 0.15) is 24.0 Å². The van der Waals surface area contributed by atoms with Crippen LogP contribution in [0.4, 0.5) is 0 Å². The number of hydrogen-bond donors (Lipinski definition) is 2. The van der Waals surface area contributed by atoms with Crippen LogP contribution in [0.3, 0.4) is 0 Å². The van der Waals surface area contributed by atoms with Gasteiger partial charge in [-0.25, -0.2) is 0 Å². The van der Waals surface area contributed by atoms with Crippen molar-refractivity contribution >= 4 is 0 Å². The third-order valence-electron chi connectivity index (χ3n) is 2.53. The molecule has 0 heterocycles. The average Bonchev–Trinajstić information content (AvgIpc) is 2.16. The largest absolute Gasteiger partial charge is 0.395 e. The van der Waals surface area contributed by atoms with Gasteiger partial charge in [-0.3, -0.25) is 0 Å². The van der Waals surface area contributed by atoms with Crippen molar-refractivity contribution in [3.8, 4) is 0 Å². The summed E-state index contributed by atoms with van der Waals surface area (Å²) in [5.41, 5.74) is 8.23. The lowest BCUT2D eigenvalue weighted by Gasteiger charge is -2.19. The van der Waals surface area contributed by atoms with Crippen molar-refractivity contribution < 1.29 is 5.11 Å². The number of aliphatic hydroxyl groups excluding tert-OH is 1. The molecule has 0 aromatic heterocycles. The van der Waals surface area contributed by atoms with E-state index in [0.29, 0.717) is 0 Å². The predicted octanol–water partition coefficient (Wildman–Crippen LogP) is 1.42. The van der Waals surface area contributed by atoms with Gasteiger partial charge in [0.25, 0.3) is 0 Å². The van der Waals surface area contributed by atoms with E-state index in [-0.39, 0.29) is 18.6 Å². The summed E-state index contributed by atoms with van der Waals surface area (Å²) in [6.07, 6.45) is 0. The van der Waals surface area contributed by atoms with Crippen molar-refractivity contribution in [2.45, 2.75) is 25.8 Å². The minimum Gasteiger partial charge on any atom is -0.395 e. The molecule has 2 nitrogen and oxygen atoms in total. The van der Waals surface area contributed by atoms with Crippen LogP contribution < -0.4 is 5.73 Å². The summed E-state index contributed by atoms with van der Waals surface area (Å²) in [6, 6.07) is 7.98. The molecule has 0 spiro atoms. The first-order chi connectivity index (χ1) is 6.16. The third kappa shape index (κ3) is 2.29. The zero-order valence-corrected chi connectivity index (χ0v) is 8.20. The number of nitrogens with two attached hydrogens (primary N) is 1. The Kier molecular flexibility index (Phi) is 3.46. The van der Waals surface area contributed by atoms with Crippen molar-refractivity contribution in [2.75, 3.05) is 6.61 Å². The zero-order chi connectivity index (χ0) is 9.84.